The average Bonchev–Trinajstić information content (AvgIpc) is 3.62. The normalized spacial score (nSPS) is 15.9. The number of rotatable bonds is 9. The summed E-state index contributed by atoms with van der Waals surface area (Å²) in [6.45, 7) is 2.42. The van der Waals surface area contributed by atoms with Gasteiger partial charge in [-0.25, -0.2) is 0 Å². The third-order valence-electron chi connectivity index (χ3n) is 7.12. The Bertz CT molecular complexity index is 1890. The van der Waals surface area contributed by atoms with Crippen molar-refractivity contribution in [3.05, 3.63) is 140 Å². The molecule has 1 aromatic heterocycles. The molecular formula is C34H25BrClN3O4S2. The number of carbonyl (C=O) groups is 2. The summed E-state index contributed by atoms with van der Waals surface area (Å²) in [4.78, 5) is 28.4. The van der Waals surface area contributed by atoms with Crippen molar-refractivity contribution in [2.75, 3.05) is 4.90 Å². The van der Waals surface area contributed by atoms with E-state index in [0.29, 0.717) is 38.6 Å². The molecule has 0 saturated carbocycles. The molecule has 7 nitrogen and oxygen atoms in total. The Morgan fingerprint density at radius 3 is 2.42 bits per heavy atom. The van der Waals surface area contributed by atoms with Crippen LogP contribution in [-0.4, -0.2) is 27.0 Å². The van der Waals surface area contributed by atoms with Crippen molar-refractivity contribution in [3.8, 4) is 5.75 Å². The molecular weight excluding hydrogens is 694 g/mol. The Morgan fingerprint density at radius 1 is 0.978 bits per heavy atom. The molecule has 0 spiro atoms. The third kappa shape index (κ3) is 6.99. The van der Waals surface area contributed by atoms with Crippen LogP contribution in [0.1, 0.15) is 33.9 Å². The first-order valence-corrected chi connectivity index (χ1v) is 16.8. The molecule has 226 valence electrons. The maximum Gasteiger partial charge on any atom is 0.301 e. The van der Waals surface area contributed by atoms with Gasteiger partial charge in [-0.2, -0.15) is 0 Å². The van der Waals surface area contributed by atoms with Gasteiger partial charge in [-0.1, -0.05) is 105 Å². The molecule has 0 bridgehead atoms. The van der Waals surface area contributed by atoms with Crippen LogP contribution < -0.4 is 9.64 Å². The molecule has 1 N–H and O–H groups in total. The topological polar surface area (TPSA) is 92.6 Å². The standard InChI is InChI=1S/C34H25BrClN3O4S2/c1-20-3-2-4-22(17-20)18-43-27-15-9-24(10-16-27)30(40)28-29(23-7-11-25(35)12-8-23)39(32(42)31(28)41)33-37-38-34(45-33)44-19-21-5-13-26(36)14-6-21/h2-17,29,40H,18-19H2,1H3/b30-28+. The van der Waals surface area contributed by atoms with Crippen molar-refractivity contribution in [2.24, 2.45) is 0 Å². The molecule has 4 aromatic carbocycles. The van der Waals surface area contributed by atoms with E-state index in [2.05, 4.69) is 32.2 Å². The maximum absolute atomic E-state index is 13.6. The average molecular weight is 719 g/mol. The van der Waals surface area contributed by atoms with E-state index >= 15 is 0 Å². The summed E-state index contributed by atoms with van der Waals surface area (Å²) in [7, 11) is 0. The maximum atomic E-state index is 13.6. The molecule has 11 heteroatoms. The van der Waals surface area contributed by atoms with E-state index in [1.165, 1.54) is 28.0 Å². The Kier molecular flexibility index (Phi) is 9.37. The number of Topliss-reactive ketones (excluding diaryl/α,β-unsaturated/α-hetero) is 1. The van der Waals surface area contributed by atoms with Crippen LogP contribution in [0.5, 0.6) is 5.75 Å². The number of aliphatic hydroxyl groups excluding tert-OH is 1. The number of aliphatic hydroxyl groups is 1. The number of halogens is 2. The third-order valence-corrected chi connectivity index (χ3v) is 10.0. The highest BCUT2D eigenvalue weighted by atomic mass is 79.9. The number of ketones is 1. The van der Waals surface area contributed by atoms with E-state index in [1.54, 1.807) is 36.4 Å². The van der Waals surface area contributed by atoms with Gasteiger partial charge in [-0.15, -0.1) is 10.2 Å². The molecule has 1 aliphatic rings. The van der Waals surface area contributed by atoms with Crippen molar-refractivity contribution in [1.29, 1.82) is 0 Å². The molecule has 45 heavy (non-hydrogen) atoms. The number of carbonyl (C=O) groups excluding carboxylic acids is 2. The van der Waals surface area contributed by atoms with Gasteiger partial charge in [0.2, 0.25) is 5.13 Å². The van der Waals surface area contributed by atoms with Crippen LogP contribution in [-0.2, 0) is 21.9 Å². The number of amides is 1. The number of anilines is 1. The van der Waals surface area contributed by atoms with Crippen LogP contribution in [0.15, 0.2) is 111 Å². The van der Waals surface area contributed by atoms with E-state index in [-0.39, 0.29) is 16.5 Å². The quantitative estimate of drug-likeness (QED) is 0.0536. The highest BCUT2D eigenvalue weighted by Gasteiger charge is 2.48. The van der Waals surface area contributed by atoms with Gasteiger partial charge in [0.05, 0.1) is 11.6 Å². The van der Waals surface area contributed by atoms with Crippen LogP contribution in [0.25, 0.3) is 5.76 Å². The second kappa shape index (κ2) is 13.6. The van der Waals surface area contributed by atoms with E-state index < -0.39 is 17.7 Å². The Labute approximate surface area is 281 Å². The van der Waals surface area contributed by atoms with E-state index in [0.717, 1.165) is 21.2 Å². The molecule has 1 aliphatic heterocycles. The van der Waals surface area contributed by atoms with E-state index in [1.807, 2.05) is 61.5 Å². The summed E-state index contributed by atoms with van der Waals surface area (Å²) < 4.78 is 7.40. The molecule has 1 fully saturated rings. The molecule has 1 amide bonds. The highest BCUT2D eigenvalue weighted by molar-refractivity contribution is 9.10. The minimum Gasteiger partial charge on any atom is -0.507 e. The van der Waals surface area contributed by atoms with Gasteiger partial charge in [0, 0.05) is 20.8 Å². The summed E-state index contributed by atoms with van der Waals surface area (Å²) in [5, 5.41) is 21.0. The molecule has 5 aromatic rings. The van der Waals surface area contributed by atoms with Gasteiger partial charge in [0.25, 0.3) is 5.78 Å². The monoisotopic (exact) mass is 717 g/mol. The molecule has 1 saturated heterocycles. The van der Waals surface area contributed by atoms with Crippen molar-refractivity contribution in [2.45, 2.75) is 29.7 Å². The zero-order valence-electron chi connectivity index (χ0n) is 23.8. The lowest BCUT2D eigenvalue weighted by molar-refractivity contribution is -0.132. The first-order chi connectivity index (χ1) is 21.8. The van der Waals surface area contributed by atoms with Crippen LogP contribution in [0, 0.1) is 6.92 Å². The van der Waals surface area contributed by atoms with Crippen molar-refractivity contribution >= 4 is 73.2 Å². The lowest BCUT2D eigenvalue weighted by Crippen LogP contribution is -2.29. The first kappa shape index (κ1) is 31.0. The minimum absolute atomic E-state index is 0.0266. The van der Waals surface area contributed by atoms with Crippen LogP contribution in [0.2, 0.25) is 5.02 Å². The lowest BCUT2D eigenvalue weighted by Gasteiger charge is -2.22. The van der Waals surface area contributed by atoms with E-state index in [4.69, 9.17) is 16.3 Å². The Morgan fingerprint density at radius 2 is 1.71 bits per heavy atom. The number of aromatic nitrogens is 2. The number of hydrogen-bond acceptors (Lipinski definition) is 8. The number of benzene rings is 4. The molecule has 0 radical (unpaired) electrons. The number of thioether (sulfide) groups is 1. The number of nitrogens with zero attached hydrogens (tertiary/aromatic N) is 3. The van der Waals surface area contributed by atoms with Gasteiger partial charge in [0.1, 0.15) is 18.1 Å². The molecule has 1 atom stereocenters. The highest BCUT2D eigenvalue weighted by Crippen LogP contribution is 2.44. The minimum atomic E-state index is -0.905. The predicted molar refractivity (Wildman–Crippen MR) is 182 cm³/mol. The fourth-order valence-corrected chi connectivity index (χ4v) is 7.12. The summed E-state index contributed by atoms with van der Waals surface area (Å²) >= 11 is 12.1. The molecule has 1 unspecified atom stereocenters. The summed E-state index contributed by atoms with van der Waals surface area (Å²) in [5.41, 5.74) is 4.25. The SMILES string of the molecule is Cc1cccc(COc2ccc(/C(O)=C3\C(=O)C(=O)N(c4nnc(SCc5ccc(Cl)cc5)s4)C3c3ccc(Br)cc3)cc2)c1. The number of aryl methyl sites for hydroxylation is 1. The van der Waals surface area contributed by atoms with Gasteiger partial charge in [-0.05, 0) is 72.1 Å². The summed E-state index contributed by atoms with van der Waals surface area (Å²) in [6, 6.07) is 28.7. The zero-order chi connectivity index (χ0) is 31.5. The second-order valence-electron chi connectivity index (χ2n) is 10.3. The largest absolute Gasteiger partial charge is 0.507 e. The lowest BCUT2D eigenvalue weighted by atomic mass is 9.95. The molecule has 2 heterocycles. The second-order valence-corrected chi connectivity index (χ2v) is 13.8. The Balaban J connectivity index is 1.29. The van der Waals surface area contributed by atoms with Gasteiger partial charge < -0.3 is 9.84 Å². The van der Waals surface area contributed by atoms with Gasteiger partial charge in [-0.3, -0.25) is 14.5 Å². The van der Waals surface area contributed by atoms with Crippen LogP contribution >= 0.6 is 50.6 Å². The predicted octanol–water partition coefficient (Wildman–Crippen LogP) is 8.76. The summed E-state index contributed by atoms with van der Waals surface area (Å²) in [6.07, 6.45) is 0. The fourth-order valence-electron chi connectivity index (χ4n) is 4.91. The van der Waals surface area contributed by atoms with Crippen molar-refractivity contribution in [1.82, 2.24) is 10.2 Å². The zero-order valence-corrected chi connectivity index (χ0v) is 27.8. The Hall–Kier alpha value is -3.96. The fraction of sp³-hybridized carbons (Fsp3) is 0.118. The van der Waals surface area contributed by atoms with Crippen molar-refractivity contribution < 1.29 is 19.4 Å². The molecule has 6 rings (SSSR count). The smallest absolute Gasteiger partial charge is 0.301 e. The number of ether oxygens (including phenoxy) is 1. The van der Waals surface area contributed by atoms with Crippen molar-refractivity contribution in [3.63, 3.8) is 0 Å². The first-order valence-electron chi connectivity index (χ1n) is 13.8. The number of hydrogen-bond donors (Lipinski definition) is 1. The summed E-state index contributed by atoms with van der Waals surface area (Å²) in [5.74, 6) is -0.629. The molecule has 0 aliphatic carbocycles. The van der Waals surface area contributed by atoms with Crippen LogP contribution in [0.3, 0.4) is 0 Å². The van der Waals surface area contributed by atoms with Crippen LogP contribution in [0.4, 0.5) is 5.13 Å². The van der Waals surface area contributed by atoms with Gasteiger partial charge >= 0.3 is 5.91 Å². The van der Waals surface area contributed by atoms with Gasteiger partial charge in [0.15, 0.2) is 4.34 Å². The van der Waals surface area contributed by atoms with E-state index in [9.17, 15) is 14.7 Å².